The van der Waals surface area contributed by atoms with Crippen molar-refractivity contribution in [3.63, 3.8) is 0 Å². The van der Waals surface area contributed by atoms with E-state index in [0.717, 1.165) is 23.0 Å². The molecular weight excluding hydrogens is 300 g/mol. The standard InChI is InChI=1S/C15H18N4O2S/c1-3-9-19-11-12(18(2)14(21)17-13(11)20)16-15(19)22-10-7-5-4-6-8-10/h4-8,11-12H,3,9H2,1-2H3,(H,17,20,21). The van der Waals surface area contributed by atoms with Crippen molar-refractivity contribution in [2.75, 3.05) is 13.6 Å². The van der Waals surface area contributed by atoms with E-state index in [1.807, 2.05) is 35.2 Å². The maximum atomic E-state index is 12.2. The Morgan fingerprint density at radius 2 is 2.00 bits per heavy atom. The van der Waals surface area contributed by atoms with E-state index in [-0.39, 0.29) is 5.91 Å². The SMILES string of the molecule is CCCN1C(Sc2ccccc2)=NC2C1C(=O)NC(=O)N2C. The van der Waals surface area contributed by atoms with Crippen molar-refractivity contribution in [3.05, 3.63) is 30.3 Å². The Bertz CT molecular complexity index is 619. The summed E-state index contributed by atoms with van der Waals surface area (Å²) in [5.74, 6) is -0.269. The van der Waals surface area contributed by atoms with Gasteiger partial charge >= 0.3 is 6.03 Å². The molecular formula is C15H18N4O2S. The smallest absolute Gasteiger partial charge is 0.325 e. The van der Waals surface area contributed by atoms with Crippen LogP contribution >= 0.6 is 11.8 Å². The van der Waals surface area contributed by atoms with Gasteiger partial charge in [-0.15, -0.1) is 0 Å². The molecule has 1 aromatic rings. The molecule has 7 heteroatoms. The fourth-order valence-corrected chi connectivity index (χ4v) is 3.64. The second kappa shape index (κ2) is 6.00. The van der Waals surface area contributed by atoms with Gasteiger partial charge in [0, 0.05) is 18.5 Å². The molecule has 2 unspecified atom stereocenters. The van der Waals surface area contributed by atoms with Crippen LogP contribution in [-0.4, -0.2) is 52.7 Å². The number of carbonyl (C=O) groups is 2. The van der Waals surface area contributed by atoms with Crippen molar-refractivity contribution >= 4 is 28.9 Å². The number of benzene rings is 1. The molecule has 1 N–H and O–H groups in total. The molecule has 0 aliphatic carbocycles. The van der Waals surface area contributed by atoms with Crippen molar-refractivity contribution in [2.45, 2.75) is 30.4 Å². The number of nitrogens with one attached hydrogen (secondary N) is 1. The number of thioether (sulfide) groups is 1. The molecule has 2 aliphatic heterocycles. The number of hydrogen-bond donors (Lipinski definition) is 1. The molecule has 0 radical (unpaired) electrons. The Balaban J connectivity index is 1.90. The van der Waals surface area contributed by atoms with E-state index in [0.29, 0.717) is 0 Å². The van der Waals surface area contributed by atoms with Crippen LogP contribution < -0.4 is 5.32 Å². The van der Waals surface area contributed by atoms with Crippen molar-refractivity contribution in [2.24, 2.45) is 4.99 Å². The molecule has 22 heavy (non-hydrogen) atoms. The molecule has 1 saturated heterocycles. The summed E-state index contributed by atoms with van der Waals surface area (Å²) in [6, 6.07) is 9.09. The van der Waals surface area contributed by atoms with Crippen LogP contribution in [0.4, 0.5) is 4.79 Å². The largest absolute Gasteiger partial charge is 0.335 e. The van der Waals surface area contributed by atoms with E-state index in [1.165, 1.54) is 16.7 Å². The van der Waals surface area contributed by atoms with Crippen LogP contribution in [0.1, 0.15) is 13.3 Å². The van der Waals surface area contributed by atoms with E-state index in [9.17, 15) is 9.59 Å². The first-order valence-electron chi connectivity index (χ1n) is 7.27. The minimum absolute atomic E-state index is 0.269. The lowest BCUT2D eigenvalue weighted by molar-refractivity contribution is -0.127. The lowest BCUT2D eigenvalue weighted by atomic mass is 10.1. The lowest BCUT2D eigenvalue weighted by Crippen LogP contribution is -2.63. The zero-order chi connectivity index (χ0) is 15.7. The number of hydrogen-bond acceptors (Lipinski definition) is 5. The summed E-state index contributed by atoms with van der Waals surface area (Å²) in [6.45, 7) is 2.79. The molecule has 3 amide bonds. The van der Waals surface area contributed by atoms with Crippen molar-refractivity contribution < 1.29 is 9.59 Å². The summed E-state index contributed by atoms with van der Waals surface area (Å²) in [5.41, 5.74) is 0. The van der Waals surface area contributed by atoms with Gasteiger partial charge in [0.25, 0.3) is 5.91 Å². The van der Waals surface area contributed by atoms with E-state index in [4.69, 9.17) is 0 Å². The summed E-state index contributed by atoms with van der Waals surface area (Å²) >= 11 is 1.53. The summed E-state index contributed by atoms with van der Waals surface area (Å²) in [6.07, 6.45) is 0.460. The number of urea groups is 1. The predicted molar refractivity (Wildman–Crippen MR) is 85.6 cm³/mol. The summed E-state index contributed by atoms with van der Waals surface area (Å²) in [7, 11) is 1.67. The topological polar surface area (TPSA) is 65.0 Å². The summed E-state index contributed by atoms with van der Waals surface area (Å²) in [4.78, 5) is 33.2. The van der Waals surface area contributed by atoms with Gasteiger partial charge in [-0.2, -0.15) is 0 Å². The first-order chi connectivity index (χ1) is 10.6. The number of carbonyl (C=O) groups excluding carboxylic acids is 2. The maximum absolute atomic E-state index is 12.2. The Labute approximate surface area is 133 Å². The number of likely N-dealkylation sites (N-methyl/N-ethyl adjacent to an activating group) is 1. The number of amides is 3. The second-order valence-electron chi connectivity index (χ2n) is 5.28. The molecule has 1 fully saturated rings. The normalized spacial score (nSPS) is 24.2. The summed E-state index contributed by atoms with van der Waals surface area (Å²) < 4.78 is 0. The van der Waals surface area contributed by atoms with E-state index < -0.39 is 18.2 Å². The monoisotopic (exact) mass is 318 g/mol. The van der Waals surface area contributed by atoms with Crippen LogP contribution in [0.15, 0.2) is 40.2 Å². The molecule has 2 aliphatic rings. The Morgan fingerprint density at radius 3 is 2.68 bits per heavy atom. The minimum Gasteiger partial charge on any atom is -0.335 e. The predicted octanol–water partition coefficient (Wildman–Crippen LogP) is 1.74. The molecule has 3 rings (SSSR count). The highest BCUT2D eigenvalue weighted by atomic mass is 32.2. The highest BCUT2D eigenvalue weighted by Crippen LogP contribution is 2.31. The highest BCUT2D eigenvalue weighted by Gasteiger charge is 2.48. The van der Waals surface area contributed by atoms with E-state index >= 15 is 0 Å². The zero-order valence-corrected chi connectivity index (χ0v) is 13.3. The van der Waals surface area contributed by atoms with Gasteiger partial charge in [-0.1, -0.05) is 36.9 Å². The maximum Gasteiger partial charge on any atom is 0.325 e. The number of nitrogens with zero attached hydrogens (tertiary/aromatic N) is 3. The molecule has 6 nitrogen and oxygen atoms in total. The third-order valence-corrected chi connectivity index (χ3v) is 4.77. The molecule has 2 atom stereocenters. The van der Waals surface area contributed by atoms with Gasteiger partial charge < -0.3 is 9.80 Å². The summed E-state index contributed by atoms with van der Waals surface area (Å²) in [5, 5.41) is 3.19. The van der Waals surface area contributed by atoms with Crippen molar-refractivity contribution in [3.8, 4) is 0 Å². The van der Waals surface area contributed by atoms with Crippen LogP contribution in [0, 0.1) is 0 Å². The average molecular weight is 318 g/mol. The molecule has 0 aromatic heterocycles. The molecule has 116 valence electrons. The molecule has 2 heterocycles. The van der Waals surface area contributed by atoms with Gasteiger partial charge in [0.15, 0.2) is 17.4 Å². The minimum atomic E-state index is -0.445. The average Bonchev–Trinajstić information content (AvgIpc) is 2.86. The van der Waals surface area contributed by atoms with Gasteiger partial charge in [-0.3, -0.25) is 10.1 Å². The van der Waals surface area contributed by atoms with Gasteiger partial charge in [-0.25, -0.2) is 9.79 Å². The lowest BCUT2D eigenvalue weighted by Gasteiger charge is -2.36. The Hall–Kier alpha value is -2.02. The first-order valence-corrected chi connectivity index (χ1v) is 8.08. The van der Waals surface area contributed by atoms with Crippen LogP contribution in [-0.2, 0) is 4.79 Å². The van der Waals surface area contributed by atoms with E-state index in [1.54, 1.807) is 7.05 Å². The number of rotatable bonds is 3. The first kappa shape index (κ1) is 14.9. The quantitative estimate of drug-likeness (QED) is 0.922. The van der Waals surface area contributed by atoms with Crippen LogP contribution in [0.5, 0.6) is 0 Å². The fraction of sp³-hybridized carbons (Fsp3) is 0.400. The van der Waals surface area contributed by atoms with Gasteiger partial charge in [0.05, 0.1) is 0 Å². The highest BCUT2D eigenvalue weighted by molar-refractivity contribution is 8.13. The fourth-order valence-electron chi connectivity index (χ4n) is 2.66. The van der Waals surface area contributed by atoms with Gasteiger partial charge in [-0.05, 0) is 18.6 Å². The Morgan fingerprint density at radius 1 is 1.27 bits per heavy atom. The van der Waals surface area contributed by atoms with Crippen molar-refractivity contribution in [1.82, 2.24) is 15.1 Å². The molecule has 0 spiro atoms. The van der Waals surface area contributed by atoms with Crippen LogP contribution in [0.25, 0.3) is 0 Å². The Kier molecular flexibility index (Phi) is 4.06. The van der Waals surface area contributed by atoms with Crippen molar-refractivity contribution in [1.29, 1.82) is 0 Å². The van der Waals surface area contributed by atoms with Gasteiger partial charge in [0.1, 0.15) is 0 Å². The number of fused-ring (bicyclic) bond motifs is 1. The molecule has 0 bridgehead atoms. The molecule has 0 saturated carbocycles. The number of amidine groups is 1. The van der Waals surface area contributed by atoms with E-state index in [2.05, 4.69) is 17.2 Å². The van der Waals surface area contributed by atoms with Crippen LogP contribution in [0.2, 0.25) is 0 Å². The zero-order valence-electron chi connectivity index (χ0n) is 12.5. The van der Waals surface area contributed by atoms with Gasteiger partial charge in [0.2, 0.25) is 0 Å². The third-order valence-electron chi connectivity index (χ3n) is 3.74. The number of imide groups is 1. The number of aliphatic imine (C=N–C) groups is 1. The molecule has 1 aromatic carbocycles. The third kappa shape index (κ3) is 2.56. The van der Waals surface area contributed by atoms with Crippen LogP contribution in [0.3, 0.4) is 0 Å². The second-order valence-corrected chi connectivity index (χ2v) is 6.32.